The summed E-state index contributed by atoms with van der Waals surface area (Å²) in [5.74, 6) is -7.37. The lowest BCUT2D eigenvalue weighted by molar-refractivity contribution is -0.218. The van der Waals surface area contributed by atoms with Gasteiger partial charge in [0, 0.05) is 11.8 Å². The highest BCUT2D eigenvalue weighted by Gasteiger charge is 2.36. The first-order valence-electron chi connectivity index (χ1n) is 4.89. The van der Waals surface area contributed by atoms with Crippen LogP contribution in [0.25, 0.3) is 0 Å². The lowest BCUT2D eigenvalue weighted by Gasteiger charge is -2.19. The van der Waals surface area contributed by atoms with Crippen LogP contribution in [0.1, 0.15) is 27.7 Å². The van der Waals surface area contributed by atoms with Crippen LogP contribution in [0.5, 0.6) is 0 Å². The SMILES string of the molecule is CC(C)C(=O)C(=O)O.CC(C)C(O)(O)C(=O)O. The summed E-state index contributed by atoms with van der Waals surface area (Å²) in [6.45, 7) is 5.93. The molecule has 0 aromatic carbocycles. The summed E-state index contributed by atoms with van der Waals surface area (Å²) in [6, 6.07) is 0. The Morgan fingerprint density at radius 2 is 1.29 bits per heavy atom. The summed E-state index contributed by atoms with van der Waals surface area (Å²) in [5, 5.41) is 33.4. The van der Waals surface area contributed by atoms with Gasteiger partial charge in [-0.25, -0.2) is 9.59 Å². The van der Waals surface area contributed by atoms with Gasteiger partial charge < -0.3 is 20.4 Å². The average Bonchev–Trinajstić information content (AvgIpc) is 2.16. The van der Waals surface area contributed by atoms with Crippen LogP contribution < -0.4 is 0 Å². The van der Waals surface area contributed by atoms with Crippen molar-refractivity contribution in [2.45, 2.75) is 33.5 Å². The van der Waals surface area contributed by atoms with E-state index in [1.165, 1.54) is 13.8 Å². The van der Waals surface area contributed by atoms with Gasteiger partial charge in [-0.1, -0.05) is 27.7 Å². The lowest BCUT2D eigenvalue weighted by atomic mass is 10.0. The summed E-state index contributed by atoms with van der Waals surface area (Å²) < 4.78 is 0. The van der Waals surface area contributed by atoms with Crippen molar-refractivity contribution in [3.8, 4) is 0 Å². The van der Waals surface area contributed by atoms with E-state index in [4.69, 9.17) is 20.4 Å². The number of hydrogen-bond acceptors (Lipinski definition) is 5. The standard InChI is InChI=1S/C5H10O4.C5H8O3/c1-3(2)5(8,9)4(6)7;1-3(2)4(6)5(7)8/h3,8-9H,1-2H3,(H,6,7);3H,1-2H3,(H,7,8). The van der Waals surface area contributed by atoms with E-state index in [0.29, 0.717) is 0 Å². The third kappa shape index (κ3) is 6.64. The summed E-state index contributed by atoms with van der Waals surface area (Å²) in [4.78, 5) is 30.0. The third-order valence-electron chi connectivity index (χ3n) is 1.85. The van der Waals surface area contributed by atoms with Crippen LogP contribution in [0.2, 0.25) is 0 Å². The highest BCUT2D eigenvalue weighted by Crippen LogP contribution is 2.12. The van der Waals surface area contributed by atoms with Crippen molar-refractivity contribution in [3.05, 3.63) is 0 Å². The number of hydrogen-bond donors (Lipinski definition) is 4. The van der Waals surface area contributed by atoms with Crippen molar-refractivity contribution < 1.29 is 34.8 Å². The van der Waals surface area contributed by atoms with Gasteiger partial charge in [0.1, 0.15) is 0 Å². The number of carbonyl (C=O) groups excluding carboxylic acids is 1. The normalized spacial score (nSPS) is 10.8. The zero-order valence-electron chi connectivity index (χ0n) is 10.2. The van der Waals surface area contributed by atoms with E-state index in [-0.39, 0.29) is 0 Å². The van der Waals surface area contributed by atoms with E-state index in [1.807, 2.05) is 0 Å². The zero-order chi connectivity index (χ0) is 14.4. The molecule has 0 saturated carbocycles. The Balaban J connectivity index is 0. The van der Waals surface area contributed by atoms with Crippen molar-refractivity contribution in [2.24, 2.45) is 11.8 Å². The molecule has 0 saturated heterocycles. The Morgan fingerprint density at radius 1 is 0.941 bits per heavy atom. The average molecular weight is 250 g/mol. The van der Waals surface area contributed by atoms with Gasteiger partial charge in [0.25, 0.3) is 5.79 Å². The maximum atomic E-state index is 10.2. The Morgan fingerprint density at radius 3 is 1.29 bits per heavy atom. The van der Waals surface area contributed by atoms with Crippen LogP contribution in [0, 0.1) is 11.8 Å². The molecule has 0 atom stereocenters. The second kappa shape index (κ2) is 6.97. The van der Waals surface area contributed by atoms with Crippen LogP contribution in [0.15, 0.2) is 0 Å². The number of carbonyl (C=O) groups is 3. The fourth-order valence-electron chi connectivity index (χ4n) is 0.494. The van der Waals surface area contributed by atoms with E-state index >= 15 is 0 Å². The molecule has 0 fully saturated rings. The molecule has 0 radical (unpaired) electrons. The topological polar surface area (TPSA) is 132 Å². The maximum Gasteiger partial charge on any atom is 0.372 e. The quantitative estimate of drug-likeness (QED) is 0.398. The Labute approximate surface area is 98.7 Å². The molecule has 0 amide bonds. The monoisotopic (exact) mass is 250 g/mol. The molecule has 7 heteroatoms. The molecule has 0 bridgehead atoms. The predicted molar refractivity (Wildman–Crippen MR) is 57.1 cm³/mol. The van der Waals surface area contributed by atoms with Gasteiger partial charge in [0.05, 0.1) is 0 Å². The van der Waals surface area contributed by atoms with Gasteiger partial charge in [-0.2, -0.15) is 0 Å². The van der Waals surface area contributed by atoms with E-state index in [9.17, 15) is 14.4 Å². The number of carboxylic acids is 2. The van der Waals surface area contributed by atoms with Crippen LogP contribution in [0.4, 0.5) is 0 Å². The second-order valence-corrected chi connectivity index (χ2v) is 4.01. The molecule has 0 aliphatic carbocycles. The minimum absolute atomic E-state index is 0.396. The van der Waals surface area contributed by atoms with Gasteiger partial charge in [0.15, 0.2) is 0 Å². The summed E-state index contributed by atoms with van der Waals surface area (Å²) in [5.41, 5.74) is 0. The molecular weight excluding hydrogens is 232 g/mol. The Hall–Kier alpha value is -1.47. The highest BCUT2D eigenvalue weighted by molar-refractivity contribution is 6.33. The van der Waals surface area contributed by atoms with Crippen molar-refractivity contribution >= 4 is 17.7 Å². The number of rotatable bonds is 4. The summed E-state index contributed by atoms with van der Waals surface area (Å²) >= 11 is 0. The molecule has 7 nitrogen and oxygen atoms in total. The van der Waals surface area contributed by atoms with E-state index in [2.05, 4.69) is 0 Å². The smallest absolute Gasteiger partial charge is 0.372 e. The summed E-state index contributed by atoms with van der Waals surface area (Å²) in [7, 11) is 0. The van der Waals surface area contributed by atoms with Crippen LogP contribution in [-0.4, -0.2) is 43.9 Å². The minimum atomic E-state index is -2.58. The van der Waals surface area contributed by atoms with Crippen molar-refractivity contribution in [2.75, 3.05) is 0 Å². The first-order valence-corrected chi connectivity index (χ1v) is 4.89. The van der Waals surface area contributed by atoms with Gasteiger partial charge in [0.2, 0.25) is 5.78 Å². The molecule has 0 aromatic rings. The van der Waals surface area contributed by atoms with Gasteiger partial charge in [-0.15, -0.1) is 0 Å². The van der Waals surface area contributed by atoms with E-state index in [1.54, 1.807) is 13.8 Å². The largest absolute Gasteiger partial charge is 0.477 e. The molecule has 0 spiro atoms. The third-order valence-corrected chi connectivity index (χ3v) is 1.85. The summed E-state index contributed by atoms with van der Waals surface area (Å²) in [6.07, 6.45) is 0. The highest BCUT2D eigenvalue weighted by atomic mass is 16.5. The van der Waals surface area contributed by atoms with Crippen LogP contribution >= 0.6 is 0 Å². The molecule has 0 aromatic heterocycles. The van der Waals surface area contributed by atoms with Crippen LogP contribution in [0.3, 0.4) is 0 Å². The first kappa shape index (κ1) is 17.9. The molecule has 0 heterocycles. The molecule has 0 aliphatic heterocycles. The van der Waals surface area contributed by atoms with Gasteiger partial charge in [-0.05, 0) is 0 Å². The van der Waals surface area contributed by atoms with E-state index in [0.717, 1.165) is 0 Å². The minimum Gasteiger partial charge on any atom is -0.477 e. The van der Waals surface area contributed by atoms with Crippen molar-refractivity contribution in [1.29, 1.82) is 0 Å². The second-order valence-electron chi connectivity index (χ2n) is 4.01. The lowest BCUT2D eigenvalue weighted by Crippen LogP contribution is -2.43. The van der Waals surface area contributed by atoms with Gasteiger partial charge in [-0.3, -0.25) is 4.79 Å². The van der Waals surface area contributed by atoms with E-state index < -0.39 is 35.3 Å². The van der Waals surface area contributed by atoms with Crippen LogP contribution in [-0.2, 0) is 14.4 Å². The number of Topliss-reactive ketones (excluding diaryl/α,β-unsaturated/α-hetero) is 1. The fraction of sp³-hybridized carbons (Fsp3) is 0.700. The zero-order valence-corrected chi connectivity index (χ0v) is 10.2. The van der Waals surface area contributed by atoms with Crippen molar-refractivity contribution in [1.82, 2.24) is 0 Å². The molecule has 100 valence electrons. The molecule has 0 unspecified atom stereocenters. The maximum absolute atomic E-state index is 10.2. The predicted octanol–water partition coefficient (Wildman–Crippen LogP) is -0.296. The number of carboxylic acid groups (broad SMARTS) is 2. The fourth-order valence-corrected chi connectivity index (χ4v) is 0.494. The molecule has 0 aliphatic rings. The number of ketones is 1. The Kier molecular flexibility index (Phi) is 7.35. The van der Waals surface area contributed by atoms with Gasteiger partial charge >= 0.3 is 11.9 Å². The molecule has 4 N–H and O–H groups in total. The first-order chi connectivity index (χ1) is 7.44. The number of aliphatic hydroxyl groups is 2. The Bertz CT molecular complexity index is 291. The molecular formula is C10H18O7. The molecule has 17 heavy (non-hydrogen) atoms. The number of aliphatic carboxylic acids is 2. The molecule has 0 rings (SSSR count). The van der Waals surface area contributed by atoms with Crippen molar-refractivity contribution in [3.63, 3.8) is 0 Å².